The zero-order valence-corrected chi connectivity index (χ0v) is 11.0. The third-order valence-electron chi connectivity index (χ3n) is 2.70. The molecule has 0 bridgehead atoms. The summed E-state index contributed by atoms with van der Waals surface area (Å²) in [6.07, 6.45) is 3.40. The van der Waals surface area contributed by atoms with Crippen molar-refractivity contribution < 1.29 is 8.81 Å². The topological polar surface area (TPSA) is 13.1 Å². The van der Waals surface area contributed by atoms with Gasteiger partial charge in [-0.2, -0.15) is 0 Å². The van der Waals surface area contributed by atoms with Crippen molar-refractivity contribution >= 4 is 15.9 Å². The van der Waals surface area contributed by atoms with E-state index in [4.69, 9.17) is 4.42 Å². The van der Waals surface area contributed by atoms with Crippen molar-refractivity contribution in [3.8, 4) is 0 Å². The van der Waals surface area contributed by atoms with Gasteiger partial charge in [0.25, 0.3) is 0 Å². The SMILES string of the molecule is Fc1cccc(CC(CBr)Cc2ccco2)c1. The average Bonchev–Trinajstić information content (AvgIpc) is 2.81. The lowest BCUT2D eigenvalue weighted by molar-refractivity contribution is 0.459. The lowest BCUT2D eigenvalue weighted by atomic mass is 9.97. The highest BCUT2D eigenvalue weighted by Crippen LogP contribution is 2.17. The van der Waals surface area contributed by atoms with Crippen LogP contribution in [0.5, 0.6) is 0 Å². The number of furan rings is 1. The molecule has 3 heteroatoms. The summed E-state index contributed by atoms with van der Waals surface area (Å²) in [7, 11) is 0. The first kappa shape index (κ1) is 12.4. The van der Waals surface area contributed by atoms with Crippen molar-refractivity contribution in [3.05, 3.63) is 59.8 Å². The van der Waals surface area contributed by atoms with E-state index in [1.165, 1.54) is 6.07 Å². The molecule has 0 radical (unpaired) electrons. The summed E-state index contributed by atoms with van der Waals surface area (Å²) in [5.74, 6) is 1.22. The van der Waals surface area contributed by atoms with Crippen molar-refractivity contribution in [2.45, 2.75) is 12.8 Å². The Kier molecular flexibility index (Phi) is 4.37. The molecule has 17 heavy (non-hydrogen) atoms. The minimum Gasteiger partial charge on any atom is -0.469 e. The standard InChI is InChI=1S/C14H14BrFO/c15-10-12(9-14-5-2-6-17-14)7-11-3-1-4-13(16)8-11/h1-6,8,12H,7,9-10H2. The summed E-state index contributed by atoms with van der Waals surface area (Å²) in [5.41, 5.74) is 1.03. The van der Waals surface area contributed by atoms with Gasteiger partial charge in [0.15, 0.2) is 0 Å². The van der Waals surface area contributed by atoms with Gasteiger partial charge in [-0.05, 0) is 42.2 Å². The van der Waals surface area contributed by atoms with Gasteiger partial charge < -0.3 is 4.42 Å². The van der Waals surface area contributed by atoms with Gasteiger partial charge in [0.2, 0.25) is 0 Å². The van der Waals surface area contributed by atoms with Gasteiger partial charge in [0, 0.05) is 11.8 Å². The number of alkyl halides is 1. The van der Waals surface area contributed by atoms with Crippen LogP contribution in [0.25, 0.3) is 0 Å². The van der Waals surface area contributed by atoms with Crippen LogP contribution in [-0.2, 0) is 12.8 Å². The Hall–Kier alpha value is -1.09. The Bertz CT molecular complexity index is 453. The van der Waals surface area contributed by atoms with E-state index in [1.807, 2.05) is 18.2 Å². The fraction of sp³-hybridized carbons (Fsp3) is 0.286. The Morgan fingerprint density at radius 3 is 2.71 bits per heavy atom. The number of hydrogen-bond donors (Lipinski definition) is 0. The van der Waals surface area contributed by atoms with Crippen LogP contribution in [-0.4, -0.2) is 5.33 Å². The molecule has 0 fully saturated rings. The Balaban J connectivity index is 2.00. The maximum absolute atomic E-state index is 13.1. The van der Waals surface area contributed by atoms with E-state index >= 15 is 0 Å². The molecule has 0 spiro atoms. The van der Waals surface area contributed by atoms with Crippen LogP contribution < -0.4 is 0 Å². The van der Waals surface area contributed by atoms with Crippen LogP contribution >= 0.6 is 15.9 Å². The summed E-state index contributed by atoms with van der Waals surface area (Å²) in [5, 5.41) is 0.879. The van der Waals surface area contributed by atoms with Gasteiger partial charge >= 0.3 is 0 Å². The van der Waals surface area contributed by atoms with Crippen LogP contribution in [0.1, 0.15) is 11.3 Å². The Morgan fingerprint density at radius 2 is 2.06 bits per heavy atom. The minimum absolute atomic E-state index is 0.172. The molecule has 2 aromatic rings. The minimum atomic E-state index is -0.172. The maximum Gasteiger partial charge on any atom is 0.123 e. The van der Waals surface area contributed by atoms with E-state index < -0.39 is 0 Å². The van der Waals surface area contributed by atoms with Gasteiger partial charge in [0.05, 0.1) is 6.26 Å². The highest BCUT2D eigenvalue weighted by Gasteiger charge is 2.11. The molecule has 1 aromatic carbocycles. The molecule has 90 valence electrons. The predicted molar refractivity (Wildman–Crippen MR) is 69.8 cm³/mol. The second-order valence-electron chi connectivity index (χ2n) is 4.14. The zero-order chi connectivity index (χ0) is 12.1. The molecule has 1 atom stereocenters. The molecule has 1 nitrogen and oxygen atoms in total. The molecule has 0 saturated heterocycles. The molecule has 1 heterocycles. The number of benzene rings is 1. The monoisotopic (exact) mass is 296 g/mol. The third-order valence-corrected chi connectivity index (χ3v) is 3.62. The number of hydrogen-bond acceptors (Lipinski definition) is 1. The van der Waals surface area contributed by atoms with E-state index in [0.29, 0.717) is 5.92 Å². The van der Waals surface area contributed by atoms with Gasteiger partial charge in [-0.3, -0.25) is 0 Å². The first-order chi connectivity index (χ1) is 8.28. The van der Waals surface area contributed by atoms with Gasteiger partial charge in [0.1, 0.15) is 11.6 Å². The molecule has 0 saturated carbocycles. The fourth-order valence-electron chi connectivity index (χ4n) is 1.89. The van der Waals surface area contributed by atoms with E-state index in [1.54, 1.807) is 18.4 Å². The molecular weight excluding hydrogens is 283 g/mol. The molecule has 0 amide bonds. The molecule has 0 N–H and O–H groups in total. The van der Waals surface area contributed by atoms with Crippen LogP contribution in [0.3, 0.4) is 0 Å². The lowest BCUT2D eigenvalue weighted by Gasteiger charge is -2.12. The highest BCUT2D eigenvalue weighted by atomic mass is 79.9. The van der Waals surface area contributed by atoms with Crippen LogP contribution in [0.15, 0.2) is 47.1 Å². The van der Waals surface area contributed by atoms with Crippen molar-refractivity contribution in [3.63, 3.8) is 0 Å². The number of rotatable bonds is 5. The second kappa shape index (κ2) is 6.01. The first-order valence-electron chi connectivity index (χ1n) is 5.60. The Labute approximate surface area is 109 Å². The summed E-state index contributed by atoms with van der Waals surface area (Å²) >= 11 is 3.50. The van der Waals surface area contributed by atoms with Crippen LogP contribution in [0, 0.1) is 11.7 Å². The number of halogens is 2. The quantitative estimate of drug-likeness (QED) is 0.753. The van der Waals surface area contributed by atoms with Crippen molar-refractivity contribution in [1.29, 1.82) is 0 Å². The summed E-state index contributed by atoms with van der Waals surface area (Å²) < 4.78 is 18.4. The van der Waals surface area contributed by atoms with Crippen molar-refractivity contribution in [2.75, 3.05) is 5.33 Å². The van der Waals surface area contributed by atoms with Crippen molar-refractivity contribution in [1.82, 2.24) is 0 Å². The lowest BCUT2D eigenvalue weighted by Crippen LogP contribution is -2.09. The zero-order valence-electron chi connectivity index (χ0n) is 9.40. The second-order valence-corrected chi connectivity index (χ2v) is 4.79. The Morgan fingerprint density at radius 1 is 1.18 bits per heavy atom. The molecule has 0 aliphatic carbocycles. The highest BCUT2D eigenvalue weighted by molar-refractivity contribution is 9.09. The molecule has 2 rings (SSSR count). The van der Waals surface area contributed by atoms with Crippen molar-refractivity contribution in [2.24, 2.45) is 5.92 Å². The summed E-state index contributed by atoms with van der Waals surface area (Å²) in [6, 6.07) is 10.6. The molecule has 0 aliphatic rings. The summed E-state index contributed by atoms with van der Waals surface area (Å²) in [4.78, 5) is 0. The normalized spacial score (nSPS) is 12.6. The average molecular weight is 297 g/mol. The van der Waals surface area contributed by atoms with Crippen LogP contribution in [0.2, 0.25) is 0 Å². The van der Waals surface area contributed by atoms with Crippen LogP contribution in [0.4, 0.5) is 4.39 Å². The first-order valence-corrected chi connectivity index (χ1v) is 6.73. The molecular formula is C14H14BrFO. The van der Waals surface area contributed by atoms with Gasteiger partial charge in [-0.25, -0.2) is 4.39 Å². The smallest absolute Gasteiger partial charge is 0.123 e. The predicted octanol–water partition coefficient (Wildman–Crippen LogP) is 4.22. The molecule has 1 unspecified atom stereocenters. The molecule has 1 aromatic heterocycles. The molecule has 0 aliphatic heterocycles. The van der Waals surface area contributed by atoms with Gasteiger partial charge in [-0.1, -0.05) is 28.1 Å². The van der Waals surface area contributed by atoms with E-state index in [9.17, 15) is 4.39 Å². The largest absolute Gasteiger partial charge is 0.469 e. The van der Waals surface area contributed by atoms with E-state index in [0.717, 1.165) is 29.5 Å². The maximum atomic E-state index is 13.1. The van der Waals surface area contributed by atoms with E-state index in [-0.39, 0.29) is 5.82 Å². The van der Waals surface area contributed by atoms with Gasteiger partial charge in [-0.15, -0.1) is 0 Å². The third kappa shape index (κ3) is 3.70. The fourth-order valence-corrected chi connectivity index (χ4v) is 2.35. The van der Waals surface area contributed by atoms with E-state index in [2.05, 4.69) is 15.9 Å². The summed E-state index contributed by atoms with van der Waals surface area (Å²) in [6.45, 7) is 0.